The molecule has 2 aromatic rings. The van der Waals surface area contributed by atoms with Crippen molar-refractivity contribution in [1.82, 2.24) is 10.2 Å². The first-order valence-electron chi connectivity index (χ1n) is 10.8. The second kappa shape index (κ2) is 11.7. The summed E-state index contributed by atoms with van der Waals surface area (Å²) in [5, 5.41) is 2.77. The molecule has 0 aromatic heterocycles. The zero-order valence-electron chi connectivity index (χ0n) is 19.2. The summed E-state index contributed by atoms with van der Waals surface area (Å²) in [5.41, 5.74) is 2.53. The van der Waals surface area contributed by atoms with E-state index in [1.165, 1.54) is 4.31 Å². The fourth-order valence-corrected chi connectivity index (χ4v) is 4.37. The topological polar surface area (TPSA) is 86.8 Å². The highest BCUT2D eigenvalue weighted by Gasteiger charge is 2.26. The Kier molecular flexibility index (Phi) is 9.26. The molecule has 32 heavy (non-hydrogen) atoms. The molecule has 0 aliphatic carbocycles. The Morgan fingerprint density at radius 2 is 1.66 bits per heavy atom. The average Bonchev–Trinajstić information content (AvgIpc) is 2.75. The summed E-state index contributed by atoms with van der Waals surface area (Å²) in [6.45, 7) is 6.45. The van der Waals surface area contributed by atoms with Crippen LogP contribution in [0.1, 0.15) is 37.8 Å². The van der Waals surface area contributed by atoms with E-state index in [9.17, 15) is 18.0 Å². The zero-order valence-corrected chi connectivity index (χ0v) is 20.1. The third-order valence-electron chi connectivity index (χ3n) is 5.19. The third-order valence-corrected chi connectivity index (χ3v) is 6.38. The van der Waals surface area contributed by atoms with Gasteiger partial charge in [-0.2, -0.15) is 0 Å². The fraction of sp³-hybridized carbons (Fsp3) is 0.417. The van der Waals surface area contributed by atoms with Gasteiger partial charge in [-0.05, 0) is 44.9 Å². The lowest BCUT2D eigenvalue weighted by atomic mass is 10.1. The van der Waals surface area contributed by atoms with Crippen LogP contribution >= 0.6 is 0 Å². The monoisotopic (exact) mass is 459 g/mol. The number of nitrogens with one attached hydrogen (secondary N) is 1. The van der Waals surface area contributed by atoms with Crippen LogP contribution in [0, 0.1) is 6.92 Å². The molecule has 0 heterocycles. The van der Waals surface area contributed by atoms with Crippen LogP contribution in [0.4, 0.5) is 5.69 Å². The van der Waals surface area contributed by atoms with Gasteiger partial charge in [0, 0.05) is 26.1 Å². The highest BCUT2D eigenvalue weighted by molar-refractivity contribution is 7.92. The van der Waals surface area contributed by atoms with Crippen molar-refractivity contribution in [2.45, 2.75) is 46.2 Å². The molecule has 174 valence electrons. The molecule has 8 heteroatoms. The Bertz CT molecular complexity index is 992. The van der Waals surface area contributed by atoms with Crippen LogP contribution in [0.25, 0.3) is 0 Å². The second-order valence-electron chi connectivity index (χ2n) is 7.85. The summed E-state index contributed by atoms with van der Waals surface area (Å²) in [5.74, 6) is -0.404. The maximum atomic E-state index is 13.1. The lowest BCUT2D eigenvalue weighted by Gasteiger charge is -2.29. The van der Waals surface area contributed by atoms with E-state index in [1.807, 2.05) is 56.3 Å². The molecule has 2 aromatic carbocycles. The number of anilines is 1. The molecule has 2 rings (SSSR count). The smallest absolute Gasteiger partial charge is 0.242 e. The molecule has 0 radical (unpaired) electrons. The van der Waals surface area contributed by atoms with Gasteiger partial charge >= 0.3 is 0 Å². The predicted molar refractivity (Wildman–Crippen MR) is 128 cm³/mol. The summed E-state index contributed by atoms with van der Waals surface area (Å²) < 4.78 is 25.9. The van der Waals surface area contributed by atoms with Crippen LogP contribution < -0.4 is 9.62 Å². The van der Waals surface area contributed by atoms with E-state index < -0.39 is 16.1 Å². The van der Waals surface area contributed by atoms with Gasteiger partial charge in [-0.1, -0.05) is 48.0 Å². The predicted octanol–water partition coefficient (Wildman–Crippen LogP) is 3.09. The van der Waals surface area contributed by atoms with E-state index >= 15 is 0 Å². The molecule has 0 fully saturated rings. The number of nitrogens with zero attached hydrogens (tertiary/aromatic N) is 2. The number of amides is 2. The van der Waals surface area contributed by atoms with Gasteiger partial charge in [-0.15, -0.1) is 0 Å². The Labute approximate surface area is 191 Å². The van der Waals surface area contributed by atoms with Gasteiger partial charge in [0.2, 0.25) is 21.8 Å². The number of carbonyl (C=O) groups excluding carboxylic acids is 2. The van der Waals surface area contributed by atoms with Gasteiger partial charge in [-0.25, -0.2) is 8.42 Å². The van der Waals surface area contributed by atoms with Gasteiger partial charge in [0.1, 0.15) is 6.04 Å². The van der Waals surface area contributed by atoms with E-state index in [-0.39, 0.29) is 24.8 Å². The van der Waals surface area contributed by atoms with Crippen molar-refractivity contribution >= 4 is 27.5 Å². The minimum atomic E-state index is -3.49. The fourth-order valence-electron chi connectivity index (χ4n) is 3.40. The molecule has 0 saturated heterocycles. The van der Waals surface area contributed by atoms with Crippen molar-refractivity contribution in [2.24, 2.45) is 0 Å². The Hall–Kier alpha value is -2.87. The number of carbonyl (C=O) groups is 2. The van der Waals surface area contributed by atoms with Crippen LogP contribution in [0.5, 0.6) is 0 Å². The molecule has 1 atom stereocenters. The number of likely N-dealkylation sites (N-methyl/N-ethyl adjacent to an activating group) is 1. The van der Waals surface area contributed by atoms with Crippen molar-refractivity contribution in [3.8, 4) is 0 Å². The molecule has 7 nitrogen and oxygen atoms in total. The van der Waals surface area contributed by atoms with Gasteiger partial charge in [0.25, 0.3) is 0 Å². The van der Waals surface area contributed by atoms with Crippen molar-refractivity contribution < 1.29 is 18.0 Å². The first-order valence-corrected chi connectivity index (χ1v) is 12.6. The van der Waals surface area contributed by atoms with Crippen molar-refractivity contribution in [2.75, 3.05) is 23.7 Å². The molecule has 0 spiro atoms. The van der Waals surface area contributed by atoms with E-state index in [4.69, 9.17) is 0 Å². The molecular weight excluding hydrogens is 426 g/mol. The van der Waals surface area contributed by atoms with Crippen LogP contribution in [0.2, 0.25) is 0 Å². The summed E-state index contributed by atoms with van der Waals surface area (Å²) in [4.78, 5) is 27.1. The lowest BCUT2D eigenvalue weighted by molar-refractivity contribution is -0.140. The van der Waals surface area contributed by atoms with E-state index in [0.717, 1.165) is 17.4 Å². The van der Waals surface area contributed by atoms with E-state index in [2.05, 4.69) is 5.32 Å². The maximum absolute atomic E-state index is 13.1. The Morgan fingerprint density at radius 3 is 2.22 bits per heavy atom. The van der Waals surface area contributed by atoms with Crippen LogP contribution in [0.3, 0.4) is 0 Å². The molecule has 0 bridgehead atoms. The minimum absolute atomic E-state index is 0.133. The lowest BCUT2D eigenvalue weighted by Crippen LogP contribution is -2.47. The Morgan fingerprint density at radius 1 is 1.03 bits per heavy atom. The maximum Gasteiger partial charge on any atom is 0.242 e. The van der Waals surface area contributed by atoms with Gasteiger partial charge in [0.15, 0.2) is 0 Å². The summed E-state index contributed by atoms with van der Waals surface area (Å²) >= 11 is 0. The van der Waals surface area contributed by atoms with Crippen LogP contribution in [-0.4, -0.2) is 50.5 Å². The highest BCUT2D eigenvalue weighted by Crippen LogP contribution is 2.19. The Balaban J connectivity index is 2.11. The van der Waals surface area contributed by atoms with Crippen molar-refractivity contribution in [1.29, 1.82) is 0 Å². The molecule has 0 saturated carbocycles. The summed E-state index contributed by atoms with van der Waals surface area (Å²) in [7, 11) is -3.49. The number of sulfonamides is 1. The molecule has 2 amide bonds. The largest absolute Gasteiger partial charge is 0.355 e. The minimum Gasteiger partial charge on any atom is -0.355 e. The van der Waals surface area contributed by atoms with E-state index in [1.54, 1.807) is 24.0 Å². The average molecular weight is 460 g/mol. The second-order valence-corrected chi connectivity index (χ2v) is 9.76. The quantitative estimate of drug-likeness (QED) is 0.559. The number of hydrogen-bond acceptors (Lipinski definition) is 4. The summed E-state index contributed by atoms with van der Waals surface area (Å²) in [6.07, 6.45) is 1.63. The van der Waals surface area contributed by atoms with Crippen LogP contribution in [-0.2, 0) is 26.2 Å². The first-order chi connectivity index (χ1) is 15.1. The van der Waals surface area contributed by atoms with Crippen molar-refractivity contribution in [3.05, 3.63) is 65.7 Å². The van der Waals surface area contributed by atoms with Gasteiger partial charge in [-0.3, -0.25) is 13.9 Å². The van der Waals surface area contributed by atoms with E-state index in [0.29, 0.717) is 25.2 Å². The standard InChI is InChI=1S/C24H33N3O4S/c1-5-25-24(29)20(3)26(18-21-10-7-6-8-11-21)23(28)12-9-17-27(32(4,30)31)22-15-13-19(2)14-16-22/h6-8,10-11,13-16,20H,5,9,12,17-18H2,1-4H3,(H,25,29)/t20-/m1/s1. The SMILES string of the molecule is CCNC(=O)[C@@H](C)N(Cc1ccccc1)C(=O)CCCN(c1ccc(C)cc1)S(C)(=O)=O. The number of benzene rings is 2. The number of hydrogen-bond donors (Lipinski definition) is 1. The molecular formula is C24H33N3O4S. The number of rotatable bonds is 11. The molecule has 1 N–H and O–H groups in total. The van der Waals surface area contributed by atoms with Gasteiger partial charge in [0.05, 0.1) is 11.9 Å². The molecule has 0 aliphatic heterocycles. The van der Waals surface area contributed by atoms with Crippen LogP contribution in [0.15, 0.2) is 54.6 Å². The summed E-state index contributed by atoms with van der Waals surface area (Å²) in [6, 6.07) is 16.1. The zero-order chi connectivity index (χ0) is 23.7. The first kappa shape index (κ1) is 25.4. The van der Waals surface area contributed by atoms with Gasteiger partial charge < -0.3 is 10.2 Å². The molecule has 0 aliphatic rings. The number of aryl methyl sites for hydroxylation is 1. The third kappa shape index (κ3) is 7.37. The van der Waals surface area contributed by atoms with Crippen molar-refractivity contribution in [3.63, 3.8) is 0 Å². The highest BCUT2D eigenvalue weighted by atomic mass is 32.2. The molecule has 0 unspecified atom stereocenters. The normalized spacial score (nSPS) is 12.1.